The molecule has 1 saturated heterocycles. The average Bonchev–Trinajstić information content (AvgIpc) is 3.26. The van der Waals surface area contributed by atoms with Crippen LogP contribution in [0.4, 0.5) is 5.69 Å². The summed E-state index contributed by atoms with van der Waals surface area (Å²) in [6.45, 7) is 7.40. The number of nitrogens with zero attached hydrogens (tertiary/aromatic N) is 1. The molecular weight excluding hydrogens is 741 g/mol. The van der Waals surface area contributed by atoms with Gasteiger partial charge in [0.25, 0.3) is 5.91 Å². The molecule has 1 spiro atoms. The van der Waals surface area contributed by atoms with Gasteiger partial charge in [0.1, 0.15) is 11.4 Å². The molecule has 0 radical (unpaired) electrons. The number of amides is 1. The van der Waals surface area contributed by atoms with Crippen molar-refractivity contribution >= 4 is 51.9 Å². The van der Waals surface area contributed by atoms with Crippen LogP contribution in [-0.4, -0.2) is 93.8 Å². The smallest absolute Gasteiger partial charge is 0.264 e. The van der Waals surface area contributed by atoms with Gasteiger partial charge in [-0.25, -0.2) is 13.1 Å². The van der Waals surface area contributed by atoms with Gasteiger partial charge in [-0.3, -0.25) is 9.59 Å². The zero-order valence-electron chi connectivity index (χ0n) is 29.8. The molecular formula is C39H55Cl2N3O8S. The third-order valence-electron chi connectivity index (χ3n) is 11.6. The van der Waals surface area contributed by atoms with Gasteiger partial charge >= 0.3 is 0 Å². The maximum absolute atomic E-state index is 13.3. The van der Waals surface area contributed by atoms with E-state index in [9.17, 15) is 23.1 Å². The van der Waals surface area contributed by atoms with E-state index in [0.717, 1.165) is 38.8 Å². The quantitative estimate of drug-likeness (QED) is 0.246. The molecule has 0 unspecified atom stereocenters. The number of allylic oxidation sites excluding steroid dienone is 1. The Morgan fingerprint density at radius 1 is 1.15 bits per heavy atom. The standard InChI is InChI=1S/C33H39ClN2O6S.C5H11NO2.CH4.ClH/c1-21-5-3-14-33(39,19-37)28-10-7-25(28)17-36-18-32(13-4-6-23-15-26(34)9-11-27(23)32)20-42-30-12-8-24(16-29(30)36)31(38)35-43(40,41)22(21)2;7-3-5-4-8-2-1-6-5;;/h3,8-9,11-12,14-16,19,21-22,25,28,39H,4-7,10,13,17-18,20H2,1-2H3,(H,35,38);5-7H,1-4H2;1H4;1H/b14-3+;;;/t21-,22+,25-,28+,32-,33-;5-;;/m00../s1. The molecule has 3 aliphatic heterocycles. The number of anilines is 1. The summed E-state index contributed by atoms with van der Waals surface area (Å²) < 4.78 is 40.2. The molecule has 294 valence electrons. The number of halogens is 2. The molecule has 4 N–H and O–H groups in total. The second kappa shape index (κ2) is 17.8. The number of morpholine rings is 1. The topological polar surface area (TPSA) is 154 Å². The van der Waals surface area contributed by atoms with E-state index in [1.807, 2.05) is 12.1 Å². The van der Waals surface area contributed by atoms with Crippen LogP contribution in [0.25, 0.3) is 0 Å². The molecule has 2 fully saturated rings. The van der Waals surface area contributed by atoms with Crippen molar-refractivity contribution in [3.05, 3.63) is 70.3 Å². The molecule has 53 heavy (non-hydrogen) atoms. The first-order valence-electron chi connectivity index (χ1n) is 18.0. The molecule has 1 saturated carbocycles. The van der Waals surface area contributed by atoms with Crippen molar-refractivity contribution in [2.75, 3.05) is 51.0 Å². The Balaban J connectivity index is 0.000000558. The SMILES string of the molecule is C.C[C@@H]1[C@@H](C)C/C=C/[C@](O)(C=O)[C@@H]2CC[C@H]2CN2C[C@@]3(CCCc4cc(Cl)ccc43)COc3ccc(cc32)C(=O)NS1(=O)=O.Cl.OC[C@H]1COCCN1. The number of aliphatic hydroxyl groups excluding tert-OH is 1. The number of ether oxygens (including phenoxy) is 2. The minimum Gasteiger partial charge on any atom is -0.490 e. The summed E-state index contributed by atoms with van der Waals surface area (Å²) >= 11 is 6.38. The number of aldehydes is 1. The van der Waals surface area contributed by atoms with Crippen LogP contribution in [0.15, 0.2) is 48.6 Å². The second-order valence-electron chi connectivity index (χ2n) is 14.9. The van der Waals surface area contributed by atoms with E-state index in [0.29, 0.717) is 61.9 Å². The van der Waals surface area contributed by atoms with Crippen molar-refractivity contribution in [1.82, 2.24) is 10.0 Å². The summed E-state index contributed by atoms with van der Waals surface area (Å²) in [5.74, 6) is -0.681. The van der Waals surface area contributed by atoms with E-state index in [1.54, 1.807) is 38.1 Å². The zero-order valence-corrected chi connectivity index (χ0v) is 32.1. The van der Waals surface area contributed by atoms with Gasteiger partial charge in [0.15, 0.2) is 6.29 Å². The first-order valence-corrected chi connectivity index (χ1v) is 20.0. The van der Waals surface area contributed by atoms with Gasteiger partial charge in [0.2, 0.25) is 10.0 Å². The molecule has 7 atom stereocenters. The van der Waals surface area contributed by atoms with Gasteiger partial charge in [-0.2, -0.15) is 0 Å². The lowest BCUT2D eigenvalue weighted by Gasteiger charge is -2.47. The normalized spacial score (nSPS) is 32.5. The van der Waals surface area contributed by atoms with E-state index in [-0.39, 0.29) is 61.2 Å². The summed E-state index contributed by atoms with van der Waals surface area (Å²) in [6.07, 6.45) is 8.57. The molecule has 14 heteroatoms. The number of nitrogens with one attached hydrogen (secondary N) is 2. The molecule has 7 rings (SSSR count). The van der Waals surface area contributed by atoms with E-state index >= 15 is 0 Å². The highest BCUT2D eigenvalue weighted by atomic mass is 35.5. The molecule has 5 aliphatic rings. The Hall–Kier alpha value is -2.71. The van der Waals surface area contributed by atoms with Crippen LogP contribution in [0.1, 0.15) is 74.9 Å². The lowest BCUT2D eigenvalue weighted by molar-refractivity contribution is -0.130. The Morgan fingerprint density at radius 3 is 2.60 bits per heavy atom. The highest BCUT2D eigenvalue weighted by molar-refractivity contribution is 7.90. The van der Waals surface area contributed by atoms with Gasteiger partial charge < -0.3 is 29.9 Å². The van der Waals surface area contributed by atoms with E-state index in [1.165, 1.54) is 17.2 Å². The summed E-state index contributed by atoms with van der Waals surface area (Å²) in [7, 11) is -4.00. The number of benzene rings is 2. The van der Waals surface area contributed by atoms with Crippen LogP contribution in [-0.2, 0) is 31.4 Å². The largest absolute Gasteiger partial charge is 0.490 e. The zero-order chi connectivity index (χ0) is 36.4. The second-order valence-corrected chi connectivity index (χ2v) is 17.4. The fraction of sp³-hybridized carbons (Fsp3) is 0.590. The number of rotatable bonds is 2. The number of aliphatic hydroxyl groups is 2. The maximum Gasteiger partial charge on any atom is 0.264 e. The van der Waals surface area contributed by atoms with Crippen LogP contribution < -0.4 is 19.7 Å². The van der Waals surface area contributed by atoms with Gasteiger partial charge in [-0.05, 0) is 105 Å². The van der Waals surface area contributed by atoms with Crippen molar-refractivity contribution in [3.8, 4) is 5.75 Å². The lowest BCUT2D eigenvalue weighted by Crippen LogP contribution is -2.53. The third kappa shape index (κ3) is 9.23. The van der Waals surface area contributed by atoms with Crippen molar-refractivity contribution in [2.45, 2.75) is 82.1 Å². The number of fused-ring (bicyclic) bond motifs is 4. The van der Waals surface area contributed by atoms with Crippen LogP contribution in [0, 0.1) is 17.8 Å². The number of hydrogen-bond acceptors (Lipinski definition) is 10. The van der Waals surface area contributed by atoms with Crippen LogP contribution in [0.2, 0.25) is 5.02 Å². The fourth-order valence-electron chi connectivity index (χ4n) is 8.17. The summed E-state index contributed by atoms with van der Waals surface area (Å²) in [5.41, 5.74) is 1.35. The molecule has 11 nitrogen and oxygen atoms in total. The summed E-state index contributed by atoms with van der Waals surface area (Å²) in [6, 6.07) is 11.3. The van der Waals surface area contributed by atoms with Gasteiger partial charge in [0.05, 0.1) is 43.4 Å². The van der Waals surface area contributed by atoms with Gasteiger partial charge in [-0.15, -0.1) is 12.4 Å². The van der Waals surface area contributed by atoms with E-state index < -0.39 is 26.8 Å². The summed E-state index contributed by atoms with van der Waals surface area (Å²) in [4.78, 5) is 27.9. The summed E-state index contributed by atoms with van der Waals surface area (Å²) in [5, 5.41) is 23.0. The van der Waals surface area contributed by atoms with Gasteiger partial charge in [0, 0.05) is 41.6 Å². The van der Waals surface area contributed by atoms with Crippen molar-refractivity contribution in [3.63, 3.8) is 0 Å². The number of aryl methyl sites for hydroxylation is 1. The van der Waals surface area contributed by atoms with E-state index in [4.69, 9.17) is 26.2 Å². The molecule has 3 heterocycles. The first-order chi connectivity index (χ1) is 24.4. The Kier molecular flexibility index (Phi) is 14.5. The van der Waals surface area contributed by atoms with Gasteiger partial charge in [-0.1, -0.05) is 38.1 Å². The third-order valence-corrected chi connectivity index (χ3v) is 13.7. The first kappa shape index (κ1) is 43.0. The minimum absolute atomic E-state index is 0. The Bertz CT molecular complexity index is 1740. The van der Waals surface area contributed by atoms with E-state index in [2.05, 4.69) is 21.0 Å². The molecule has 2 aromatic rings. The molecule has 2 aromatic carbocycles. The Labute approximate surface area is 325 Å². The van der Waals surface area contributed by atoms with Crippen molar-refractivity contribution in [1.29, 1.82) is 0 Å². The van der Waals surface area contributed by atoms with Crippen LogP contribution >= 0.6 is 24.0 Å². The van der Waals surface area contributed by atoms with Crippen LogP contribution in [0.3, 0.4) is 0 Å². The fourth-order valence-corrected chi connectivity index (χ4v) is 9.65. The predicted molar refractivity (Wildman–Crippen MR) is 210 cm³/mol. The highest BCUT2D eigenvalue weighted by Gasteiger charge is 2.48. The monoisotopic (exact) mass is 795 g/mol. The van der Waals surface area contributed by atoms with Crippen molar-refractivity contribution in [2.24, 2.45) is 17.8 Å². The molecule has 1 amide bonds. The number of carbonyl (C=O) groups excluding carboxylic acids is 2. The van der Waals surface area contributed by atoms with Crippen LogP contribution in [0.5, 0.6) is 5.75 Å². The minimum atomic E-state index is -4.00. The highest BCUT2D eigenvalue weighted by Crippen LogP contribution is 2.48. The number of carbonyl (C=O) groups is 2. The average molecular weight is 797 g/mol. The maximum atomic E-state index is 13.3. The van der Waals surface area contributed by atoms with Crippen molar-refractivity contribution < 1.29 is 37.7 Å². The number of sulfonamides is 1. The molecule has 0 aromatic heterocycles. The molecule has 2 aliphatic carbocycles. The molecule has 2 bridgehead atoms. The Morgan fingerprint density at radius 2 is 1.94 bits per heavy atom. The number of hydrogen-bond donors (Lipinski definition) is 4. The lowest BCUT2D eigenvalue weighted by atomic mass is 9.64. The predicted octanol–water partition coefficient (Wildman–Crippen LogP) is 4.84.